The van der Waals surface area contributed by atoms with Crippen molar-refractivity contribution < 1.29 is 28.4 Å². The van der Waals surface area contributed by atoms with Gasteiger partial charge in [0, 0.05) is 6.92 Å². The molecular weight excluding hydrogens is 464 g/mol. The molecule has 0 aromatic heterocycles. The molecule has 184 valence electrons. The zero-order valence-corrected chi connectivity index (χ0v) is 20.4. The van der Waals surface area contributed by atoms with Gasteiger partial charge < -0.3 is 28.4 Å². The number of rotatable bonds is 6. The summed E-state index contributed by atoms with van der Waals surface area (Å²) < 4.78 is 33.8. The predicted octanol–water partition coefficient (Wildman–Crippen LogP) is 3.84. The van der Waals surface area contributed by atoms with Gasteiger partial charge in [0.15, 0.2) is 16.9 Å². The van der Waals surface area contributed by atoms with E-state index >= 15 is 0 Å². The molecule has 2 fully saturated rings. The van der Waals surface area contributed by atoms with Gasteiger partial charge in [0.05, 0.1) is 52.6 Å². The zero-order chi connectivity index (χ0) is 26.3. The molecule has 2 saturated heterocycles. The van der Waals surface area contributed by atoms with E-state index in [1.165, 1.54) is 28.4 Å². The average Bonchev–Trinajstić information content (AvgIpc) is 3.09. The first-order chi connectivity index (χ1) is 17.2. The molecule has 0 radical (unpaired) electrons. The van der Waals surface area contributed by atoms with Crippen molar-refractivity contribution in [2.24, 2.45) is 10.8 Å². The van der Waals surface area contributed by atoms with Crippen molar-refractivity contribution in [1.29, 1.82) is 21.2 Å². The fourth-order valence-electron chi connectivity index (χ4n) is 5.34. The quantitative estimate of drug-likeness (QED) is 0.639. The molecule has 10 nitrogen and oxygen atoms in total. The van der Waals surface area contributed by atoms with Crippen molar-refractivity contribution in [2.45, 2.75) is 24.7 Å². The van der Waals surface area contributed by atoms with Crippen molar-refractivity contribution in [3.05, 3.63) is 47.5 Å². The predicted molar refractivity (Wildman–Crippen MR) is 125 cm³/mol. The lowest BCUT2D eigenvalue weighted by Gasteiger charge is -2.49. The highest BCUT2D eigenvalue weighted by Crippen LogP contribution is 2.69. The molecule has 2 aliphatic rings. The number of nitrogens with one attached hydrogen (secondary N) is 1. The van der Waals surface area contributed by atoms with Gasteiger partial charge in [0.1, 0.15) is 11.9 Å². The van der Waals surface area contributed by atoms with E-state index in [-0.39, 0.29) is 11.5 Å². The molecule has 0 spiro atoms. The first kappa shape index (κ1) is 24.7. The van der Waals surface area contributed by atoms with Crippen LogP contribution in [0.2, 0.25) is 0 Å². The second-order valence-corrected chi connectivity index (χ2v) is 8.56. The van der Waals surface area contributed by atoms with Gasteiger partial charge in [-0.3, -0.25) is 5.41 Å². The van der Waals surface area contributed by atoms with Crippen LogP contribution >= 0.6 is 0 Å². The maximum Gasteiger partial charge on any atom is 0.218 e. The standard InChI is InChI=1S/C26H24N4O6/c1-24-21(15-6-8-17(31-2)9-7-15)26(14-29,23(30)36-24)25(12-27,13-28)22(35-24)16-10-18(32-3)20(34-5)19(11-16)33-4/h6-11,21-22,30H,1-5H3. The Bertz CT molecular complexity index is 1300. The number of fused-ring (bicyclic) bond motifs is 2. The van der Waals surface area contributed by atoms with Crippen molar-refractivity contribution in [1.82, 2.24) is 0 Å². The van der Waals surface area contributed by atoms with Gasteiger partial charge in [0.2, 0.25) is 22.8 Å². The van der Waals surface area contributed by atoms with Crippen molar-refractivity contribution >= 4 is 5.90 Å². The number of benzene rings is 2. The summed E-state index contributed by atoms with van der Waals surface area (Å²) >= 11 is 0. The largest absolute Gasteiger partial charge is 0.497 e. The second-order valence-electron chi connectivity index (χ2n) is 8.56. The van der Waals surface area contributed by atoms with Crippen LogP contribution in [0.5, 0.6) is 23.0 Å². The maximum absolute atomic E-state index is 10.6. The molecular formula is C26H24N4O6. The molecule has 4 atom stereocenters. The number of hydrogen-bond acceptors (Lipinski definition) is 10. The molecule has 2 aliphatic heterocycles. The van der Waals surface area contributed by atoms with Crippen LogP contribution in [0.4, 0.5) is 0 Å². The van der Waals surface area contributed by atoms with Crippen molar-refractivity contribution in [3.8, 4) is 41.2 Å². The summed E-state index contributed by atoms with van der Waals surface area (Å²) in [5, 5.41) is 40.4. The molecule has 2 heterocycles. The summed E-state index contributed by atoms with van der Waals surface area (Å²) in [5.74, 6) is -1.59. The van der Waals surface area contributed by atoms with Crippen molar-refractivity contribution in [2.75, 3.05) is 28.4 Å². The molecule has 0 aliphatic carbocycles. The minimum absolute atomic E-state index is 0.275. The van der Waals surface area contributed by atoms with Gasteiger partial charge in [-0.15, -0.1) is 0 Å². The smallest absolute Gasteiger partial charge is 0.218 e. The highest BCUT2D eigenvalue weighted by Gasteiger charge is 2.79. The van der Waals surface area contributed by atoms with Crippen LogP contribution in [-0.4, -0.2) is 40.1 Å². The normalized spacial score (nSPS) is 27.6. The van der Waals surface area contributed by atoms with Crippen LogP contribution in [0, 0.1) is 50.2 Å². The summed E-state index contributed by atoms with van der Waals surface area (Å²) in [5.41, 5.74) is -3.29. The molecule has 1 N–H and O–H groups in total. The molecule has 2 bridgehead atoms. The van der Waals surface area contributed by atoms with E-state index in [2.05, 4.69) is 6.07 Å². The highest BCUT2D eigenvalue weighted by molar-refractivity contribution is 5.90. The third-order valence-electron chi connectivity index (χ3n) is 6.96. The van der Waals surface area contributed by atoms with Gasteiger partial charge in [-0.1, -0.05) is 12.1 Å². The van der Waals surface area contributed by atoms with E-state index in [1.807, 2.05) is 12.1 Å². The minimum atomic E-state index is -2.18. The number of nitrogens with zero attached hydrogens (tertiary/aromatic N) is 3. The first-order valence-corrected chi connectivity index (χ1v) is 10.9. The topological polar surface area (TPSA) is 151 Å². The van der Waals surface area contributed by atoms with Gasteiger partial charge in [-0.25, -0.2) is 0 Å². The van der Waals surface area contributed by atoms with Crippen LogP contribution in [0.15, 0.2) is 36.4 Å². The third kappa shape index (κ3) is 3.00. The average molecular weight is 489 g/mol. The maximum atomic E-state index is 10.6. The Morgan fingerprint density at radius 3 is 1.86 bits per heavy atom. The van der Waals surface area contributed by atoms with Gasteiger partial charge in [-0.05, 0) is 35.4 Å². The summed E-state index contributed by atoms with van der Waals surface area (Å²) in [6.45, 7) is 1.60. The molecule has 0 amide bonds. The Kier molecular flexibility index (Phi) is 5.92. The summed E-state index contributed by atoms with van der Waals surface area (Å²) in [6, 6.07) is 16.1. The van der Waals surface area contributed by atoms with Crippen molar-refractivity contribution in [3.63, 3.8) is 0 Å². The molecule has 0 saturated carbocycles. The Labute approximate surface area is 208 Å². The summed E-state index contributed by atoms with van der Waals surface area (Å²) in [4.78, 5) is 0. The van der Waals surface area contributed by atoms with E-state index in [1.54, 1.807) is 43.3 Å². The number of hydrogen-bond donors (Lipinski definition) is 1. The number of nitriles is 3. The number of ether oxygens (including phenoxy) is 6. The van der Waals surface area contributed by atoms with Gasteiger partial charge in [-0.2, -0.15) is 15.8 Å². The number of methoxy groups -OCH3 is 4. The monoisotopic (exact) mass is 488 g/mol. The zero-order valence-electron chi connectivity index (χ0n) is 20.4. The molecule has 2 aromatic rings. The third-order valence-corrected chi connectivity index (χ3v) is 6.96. The van der Waals surface area contributed by atoms with E-state index < -0.39 is 34.5 Å². The Balaban J connectivity index is 2.01. The highest BCUT2D eigenvalue weighted by atomic mass is 16.7. The molecule has 10 heteroatoms. The van der Waals surface area contributed by atoms with Crippen LogP contribution in [0.1, 0.15) is 30.1 Å². The van der Waals surface area contributed by atoms with E-state index in [4.69, 9.17) is 33.8 Å². The lowest BCUT2D eigenvalue weighted by molar-refractivity contribution is -0.253. The van der Waals surface area contributed by atoms with E-state index in [0.29, 0.717) is 22.6 Å². The SMILES string of the molecule is COc1ccc(C2C3(C)OC(=N)C2(C#N)C(C#N)(C#N)C(c2cc(OC)c(OC)c(OC)c2)O3)cc1. The molecule has 36 heavy (non-hydrogen) atoms. The Morgan fingerprint density at radius 2 is 1.42 bits per heavy atom. The van der Waals surface area contributed by atoms with Crippen LogP contribution in [0.25, 0.3) is 0 Å². The lowest BCUT2D eigenvalue weighted by atomic mass is 9.52. The minimum Gasteiger partial charge on any atom is -0.497 e. The summed E-state index contributed by atoms with van der Waals surface area (Å²) in [6.07, 6.45) is -1.30. The first-order valence-electron chi connectivity index (χ1n) is 10.9. The fourth-order valence-corrected chi connectivity index (χ4v) is 5.34. The van der Waals surface area contributed by atoms with E-state index in [0.717, 1.165) is 0 Å². The lowest BCUT2D eigenvalue weighted by Crippen LogP contribution is -2.57. The van der Waals surface area contributed by atoms with Crippen LogP contribution < -0.4 is 18.9 Å². The molecule has 2 aromatic carbocycles. The van der Waals surface area contributed by atoms with Crippen LogP contribution in [-0.2, 0) is 9.47 Å². The molecule has 4 rings (SSSR count). The summed E-state index contributed by atoms with van der Waals surface area (Å²) in [7, 11) is 5.85. The van der Waals surface area contributed by atoms with E-state index in [9.17, 15) is 15.8 Å². The van der Waals surface area contributed by atoms with Crippen LogP contribution in [0.3, 0.4) is 0 Å². The van der Waals surface area contributed by atoms with Gasteiger partial charge in [0.25, 0.3) is 0 Å². The second kappa shape index (κ2) is 8.64. The van der Waals surface area contributed by atoms with Gasteiger partial charge >= 0.3 is 0 Å². The molecule has 4 unspecified atom stereocenters. The Morgan fingerprint density at radius 1 is 0.833 bits per heavy atom. The Hall–Kier alpha value is -4.46. The fraction of sp³-hybridized carbons (Fsp3) is 0.385.